The van der Waals surface area contributed by atoms with Crippen molar-refractivity contribution in [3.8, 4) is 0 Å². The summed E-state index contributed by atoms with van der Waals surface area (Å²) in [6, 6.07) is 8.58. The van der Waals surface area contributed by atoms with Gasteiger partial charge >= 0.3 is 0 Å². The van der Waals surface area contributed by atoms with Crippen LogP contribution in [-0.2, 0) is 0 Å². The summed E-state index contributed by atoms with van der Waals surface area (Å²) < 4.78 is 0. The average Bonchev–Trinajstić information content (AvgIpc) is 2.07. The van der Waals surface area contributed by atoms with E-state index >= 15 is 0 Å². The first-order valence-corrected chi connectivity index (χ1v) is 4.19. The van der Waals surface area contributed by atoms with Crippen LogP contribution in [0.25, 0.3) is 0 Å². The molecule has 0 spiro atoms. The first-order valence-electron chi connectivity index (χ1n) is 4.19. The van der Waals surface area contributed by atoms with E-state index in [1.54, 1.807) is 0 Å². The van der Waals surface area contributed by atoms with E-state index in [9.17, 15) is 0 Å². The molecule has 0 aliphatic carbocycles. The molecule has 0 aliphatic heterocycles. The van der Waals surface area contributed by atoms with Crippen LogP contribution in [0.1, 0.15) is 6.92 Å². The maximum Gasteiger partial charge on any atom is 0.154 e. The Morgan fingerprint density at radius 1 is 1.27 bits per heavy atom. The topological polar surface area (TPSA) is 12.0 Å². The van der Waals surface area contributed by atoms with Gasteiger partial charge < -0.3 is 5.32 Å². The Morgan fingerprint density at radius 3 is 2.36 bits per heavy atom. The van der Waals surface area contributed by atoms with Crippen LogP contribution < -0.4 is 10.8 Å². The summed E-state index contributed by atoms with van der Waals surface area (Å²) in [7, 11) is 1.12. The zero-order chi connectivity index (χ0) is 8.10. The van der Waals surface area contributed by atoms with Crippen molar-refractivity contribution >= 4 is 18.4 Å². The monoisotopic (exact) mass is 147 g/mol. The minimum absolute atomic E-state index is 0.992. The van der Waals surface area contributed by atoms with Crippen LogP contribution in [0.2, 0.25) is 6.82 Å². The highest BCUT2D eigenvalue weighted by atomic mass is 14.8. The second-order valence-electron chi connectivity index (χ2n) is 2.58. The maximum atomic E-state index is 3.26. The summed E-state index contributed by atoms with van der Waals surface area (Å²) in [6.07, 6.45) is 0. The summed E-state index contributed by atoms with van der Waals surface area (Å²) >= 11 is 0. The van der Waals surface area contributed by atoms with Crippen LogP contribution in [0.15, 0.2) is 24.3 Å². The van der Waals surface area contributed by atoms with E-state index < -0.39 is 0 Å². The molecular weight excluding hydrogens is 133 g/mol. The zero-order valence-electron chi connectivity index (χ0n) is 7.22. The Hall–Kier alpha value is -0.915. The fraction of sp³-hybridized carbons (Fsp3) is 0.333. The van der Waals surface area contributed by atoms with E-state index in [0.29, 0.717) is 0 Å². The van der Waals surface area contributed by atoms with Crippen molar-refractivity contribution in [3.05, 3.63) is 24.3 Å². The second kappa shape index (κ2) is 4.07. The van der Waals surface area contributed by atoms with Gasteiger partial charge in [-0.25, -0.2) is 0 Å². The third kappa shape index (κ3) is 2.30. The second-order valence-corrected chi connectivity index (χ2v) is 2.58. The van der Waals surface area contributed by atoms with Gasteiger partial charge in [-0.2, -0.15) is 0 Å². The molecule has 0 saturated heterocycles. The smallest absolute Gasteiger partial charge is 0.154 e. The number of nitrogens with one attached hydrogen (secondary N) is 1. The van der Waals surface area contributed by atoms with Gasteiger partial charge in [0.1, 0.15) is 0 Å². The molecule has 1 aromatic carbocycles. The van der Waals surface area contributed by atoms with Crippen LogP contribution in [0.3, 0.4) is 0 Å². The van der Waals surface area contributed by atoms with Gasteiger partial charge in [-0.1, -0.05) is 24.4 Å². The van der Waals surface area contributed by atoms with Gasteiger partial charge in [-0.3, -0.25) is 0 Å². The van der Waals surface area contributed by atoms with Crippen molar-refractivity contribution in [2.45, 2.75) is 13.7 Å². The summed E-state index contributed by atoms with van der Waals surface area (Å²) in [5.41, 5.74) is 2.61. The summed E-state index contributed by atoms with van der Waals surface area (Å²) in [6.45, 7) is 5.27. The predicted molar refractivity (Wildman–Crippen MR) is 53.3 cm³/mol. The molecule has 0 fully saturated rings. The molecule has 1 nitrogen and oxygen atoms in total. The van der Waals surface area contributed by atoms with Gasteiger partial charge in [0.25, 0.3) is 0 Å². The molecule has 0 amide bonds. The van der Waals surface area contributed by atoms with Gasteiger partial charge in [0.05, 0.1) is 0 Å². The zero-order valence-corrected chi connectivity index (χ0v) is 7.22. The molecule has 0 aliphatic rings. The summed E-state index contributed by atoms with van der Waals surface area (Å²) in [5.74, 6) is 0. The number of rotatable bonds is 3. The Morgan fingerprint density at radius 2 is 1.91 bits per heavy atom. The molecule has 0 atom stereocenters. The van der Waals surface area contributed by atoms with Crippen LogP contribution in [-0.4, -0.2) is 13.8 Å². The number of hydrogen-bond acceptors (Lipinski definition) is 1. The fourth-order valence-electron chi connectivity index (χ4n) is 1.06. The van der Waals surface area contributed by atoms with E-state index in [1.165, 1.54) is 11.2 Å². The summed E-state index contributed by atoms with van der Waals surface area (Å²) in [5, 5.41) is 3.26. The number of anilines is 1. The first kappa shape index (κ1) is 8.18. The highest BCUT2D eigenvalue weighted by molar-refractivity contribution is 6.51. The van der Waals surface area contributed by atoms with Gasteiger partial charge in [0, 0.05) is 12.2 Å². The third-order valence-electron chi connectivity index (χ3n) is 1.74. The average molecular weight is 147 g/mol. The Balaban J connectivity index is 2.66. The predicted octanol–water partition coefficient (Wildman–Crippen LogP) is 1.23. The van der Waals surface area contributed by atoms with Crippen molar-refractivity contribution < 1.29 is 0 Å². The fourth-order valence-corrected chi connectivity index (χ4v) is 1.06. The molecule has 58 valence electrons. The lowest BCUT2D eigenvalue weighted by Crippen LogP contribution is -2.09. The van der Waals surface area contributed by atoms with Crippen LogP contribution in [0.4, 0.5) is 5.69 Å². The first-order chi connectivity index (χ1) is 5.36. The lowest BCUT2D eigenvalue weighted by molar-refractivity contribution is 1.21. The molecule has 1 aromatic rings. The Kier molecular flexibility index (Phi) is 3.03. The van der Waals surface area contributed by atoms with E-state index in [-0.39, 0.29) is 0 Å². The third-order valence-corrected chi connectivity index (χ3v) is 1.74. The standard InChI is InChI=1S/C9H14BN/c1-3-11-9-6-4-8(10-2)5-7-9/h4-7,10-11H,3H2,1-2H3. The molecule has 1 N–H and O–H groups in total. The van der Waals surface area contributed by atoms with Crippen LogP contribution in [0, 0.1) is 0 Å². The van der Waals surface area contributed by atoms with Gasteiger partial charge in [0.15, 0.2) is 7.28 Å². The van der Waals surface area contributed by atoms with E-state index in [2.05, 4.69) is 43.3 Å². The van der Waals surface area contributed by atoms with Crippen molar-refractivity contribution in [1.82, 2.24) is 0 Å². The van der Waals surface area contributed by atoms with Gasteiger partial charge in [0.2, 0.25) is 0 Å². The molecule has 1 rings (SSSR count). The molecule has 0 heterocycles. The minimum atomic E-state index is 0.992. The van der Waals surface area contributed by atoms with Crippen molar-refractivity contribution in [2.75, 3.05) is 11.9 Å². The molecular formula is C9H14BN. The molecule has 0 saturated carbocycles. The molecule has 0 unspecified atom stereocenters. The van der Waals surface area contributed by atoms with E-state index in [1.807, 2.05) is 0 Å². The SMILES string of the molecule is CBc1ccc(NCC)cc1. The van der Waals surface area contributed by atoms with Crippen molar-refractivity contribution in [3.63, 3.8) is 0 Å². The highest BCUT2D eigenvalue weighted by Gasteiger charge is 1.90. The molecule has 0 radical (unpaired) electrons. The number of hydrogen-bond donors (Lipinski definition) is 1. The normalized spacial score (nSPS) is 9.27. The lowest BCUT2D eigenvalue weighted by atomic mass is 9.73. The van der Waals surface area contributed by atoms with Crippen LogP contribution in [0.5, 0.6) is 0 Å². The molecule has 11 heavy (non-hydrogen) atoms. The van der Waals surface area contributed by atoms with E-state index in [0.717, 1.165) is 13.8 Å². The minimum Gasteiger partial charge on any atom is -0.385 e. The highest BCUT2D eigenvalue weighted by Crippen LogP contribution is 2.02. The largest absolute Gasteiger partial charge is 0.385 e. The van der Waals surface area contributed by atoms with Crippen molar-refractivity contribution in [2.24, 2.45) is 0 Å². The molecule has 2 heteroatoms. The molecule has 0 bridgehead atoms. The van der Waals surface area contributed by atoms with Gasteiger partial charge in [-0.05, 0) is 19.1 Å². The van der Waals surface area contributed by atoms with Gasteiger partial charge in [-0.15, -0.1) is 0 Å². The van der Waals surface area contributed by atoms with Crippen LogP contribution >= 0.6 is 0 Å². The lowest BCUT2D eigenvalue weighted by Gasteiger charge is -2.02. The molecule has 0 aromatic heterocycles. The maximum absolute atomic E-state index is 3.26. The van der Waals surface area contributed by atoms with E-state index in [4.69, 9.17) is 0 Å². The Labute approximate surface area is 69.1 Å². The number of benzene rings is 1. The van der Waals surface area contributed by atoms with Crippen molar-refractivity contribution in [1.29, 1.82) is 0 Å². The Bertz CT molecular complexity index is 205. The summed E-state index contributed by atoms with van der Waals surface area (Å²) in [4.78, 5) is 0. The quantitative estimate of drug-likeness (QED) is 0.634.